The molecule has 1 atom stereocenters. The number of rotatable bonds is 9. The number of carbonyl (C=O) groups is 1. The van der Waals surface area contributed by atoms with Gasteiger partial charge in [0.05, 0.1) is 18.2 Å². The fourth-order valence-corrected chi connectivity index (χ4v) is 1.97. The van der Waals surface area contributed by atoms with Crippen molar-refractivity contribution in [1.82, 2.24) is 5.32 Å². The quantitative estimate of drug-likeness (QED) is 0.653. The number of anilines is 1. The molecule has 1 aromatic carbocycles. The molecular weight excluding hydrogens is 344 g/mol. The highest BCUT2D eigenvalue weighted by atomic mass is 35.5. The average molecular weight is 370 g/mol. The van der Waals surface area contributed by atoms with E-state index in [4.69, 9.17) is 10.5 Å². The third-order valence-electron chi connectivity index (χ3n) is 3.27. The number of para-hydroxylation sites is 1. The van der Waals surface area contributed by atoms with E-state index in [0.717, 1.165) is 6.42 Å². The molecule has 0 aliphatic rings. The Balaban J connectivity index is 0. The van der Waals surface area contributed by atoms with E-state index in [9.17, 15) is 9.18 Å². The molecule has 0 heterocycles. The van der Waals surface area contributed by atoms with Crippen LogP contribution < -0.4 is 16.0 Å². The molecule has 23 heavy (non-hydrogen) atoms. The summed E-state index contributed by atoms with van der Waals surface area (Å²) in [7, 11) is 3.36. The summed E-state index contributed by atoms with van der Waals surface area (Å²) in [6.45, 7) is 1.52. The molecule has 0 bridgehead atoms. The molecule has 1 rings (SSSR count). The first-order valence-electron chi connectivity index (χ1n) is 7.03. The molecule has 0 aromatic heterocycles. The molecule has 0 radical (unpaired) electrons. The summed E-state index contributed by atoms with van der Waals surface area (Å²) < 4.78 is 18.6. The minimum atomic E-state index is -0.244. The van der Waals surface area contributed by atoms with Crippen molar-refractivity contribution in [2.45, 2.75) is 18.9 Å². The molecule has 1 aromatic rings. The zero-order valence-corrected chi connectivity index (χ0v) is 15.1. The lowest BCUT2D eigenvalue weighted by Gasteiger charge is -2.20. The zero-order chi connectivity index (χ0) is 15.7. The van der Waals surface area contributed by atoms with E-state index in [1.54, 1.807) is 18.2 Å². The minimum Gasteiger partial charge on any atom is -0.380 e. The Morgan fingerprint density at radius 1 is 1.39 bits per heavy atom. The van der Waals surface area contributed by atoms with Gasteiger partial charge in [0.15, 0.2) is 0 Å². The summed E-state index contributed by atoms with van der Waals surface area (Å²) in [6.07, 6.45) is 0.749. The van der Waals surface area contributed by atoms with Gasteiger partial charge in [0.2, 0.25) is 5.91 Å². The second-order valence-corrected chi connectivity index (χ2v) is 4.87. The van der Waals surface area contributed by atoms with E-state index in [1.807, 2.05) is 11.9 Å². The van der Waals surface area contributed by atoms with E-state index in [2.05, 4.69) is 5.32 Å². The van der Waals surface area contributed by atoms with Crippen molar-refractivity contribution >= 4 is 36.4 Å². The Bertz CT molecular complexity index is 448. The second-order valence-electron chi connectivity index (χ2n) is 4.87. The van der Waals surface area contributed by atoms with E-state index < -0.39 is 0 Å². The Kier molecular flexibility index (Phi) is 14.1. The number of hydrogen-bond acceptors (Lipinski definition) is 4. The van der Waals surface area contributed by atoms with Crippen molar-refractivity contribution in [2.24, 2.45) is 5.73 Å². The zero-order valence-electron chi connectivity index (χ0n) is 13.5. The highest BCUT2D eigenvalue weighted by Gasteiger charge is 2.11. The van der Waals surface area contributed by atoms with Gasteiger partial charge < -0.3 is 20.7 Å². The highest BCUT2D eigenvalue weighted by molar-refractivity contribution is 5.85. The highest BCUT2D eigenvalue weighted by Crippen LogP contribution is 2.16. The molecule has 1 amide bonds. The third kappa shape index (κ3) is 8.95. The molecule has 5 nitrogen and oxygen atoms in total. The molecule has 134 valence electrons. The molecule has 0 aliphatic carbocycles. The summed E-state index contributed by atoms with van der Waals surface area (Å²) in [6, 6.07) is 6.63. The normalized spacial score (nSPS) is 11.0. The van der Waals surface area contributed by atoms with Gasteiger partial charge in [0.1, 0.15) is 5.82 Å². The number of carbonyl (C=O) groups excluding carboxylic acids is 1. The topological polar surface area (TPSA) is 67.6 Å². The number of hydrogen-bond donors (Lipinski definition) is 2. The Hall–Kier alpha value is -1.08. The number of methoxy groups -OCH3 is 1. The van der Waals surface area contributed by atoms with Crippen molar-refractivity contribution in [2.75, 3.05) is 38.7 Å². The maximum absolute atomic E-state index is 13.6. The molecule has 0 saturated carbocycles. The van der Waals surface area contributed by atoms with Crippen molar-refractivity contribution < 1.29 is 13.9 Å². The van der Waals surface area contributed by atoms with Crippen LogP contribution in [-0.4, -0.2) is 45.8 Å². The fourth-order valence-electron chi connectivity index (χ4n) is 1.97. The first-order valence-corrected chi connectivity index (χ1v) is 7.03. The van der Waals surface area contributed by atoms with Crippen LogP contribution in [0.1, 0.15) is 12.8 Å². The molecular formula is C15H26Cl2FN3O2. The van der Waals surface area contributed by atoms with Crippen LogP contribution >= 0.6 is 24.8 Å². The lowest BCUT2D eigenvalue weighted by molar-refractivity contribution is -0.123. The molecule has 0 spiro atoms. The van der Waals surface area contributed by atoms with Crippen LogP contribution in [0.4, 0.5) is 10.1 Å². The maximum atomic E-state index is 13.6. The second kappa shape index (κ2) is 13.4. The van der Waals surface area contributed by atoms with Crippen LogP contribution in [0.2, 0.25) is 0 Å². The molecule has 3 N–H and O–H groups in total. The number of halogens is 3. The number of nitrogens with one attached hydrogen (secondary N) is 1. The summed E-state index contributed by atoms with van der Waals surface area (Å²) in [5.74, 6) is -0.323. The Morgan fingerprint density at radius 2 is 2.04 bits per heavy atom. The predicted octanol–water partition coefficient (Wildman–Crippen LogP) is 1.98. The number of nitrogens with two attached hydrogens (primary N) is 1. The van der Waals surface area contributed by atoms with Crippen LogP contribution in [0.3, 0.4) is 0 Å². The van der Waals surface area contributed by atoms with Crippen LogP contribution in [0.25, 0.3) is 0 Å². The molecule has 8 heteroatoms. The molecule has 1 unspecified atom stereocenters. The monoisotopic (exact) mass is 369 g/mol. The number of benzene rings is 1. The van der Waals surface area contributed by atoms with Crippen molar-refractivity contribution in [3.8, 4) is 0 Å². The summed E-state index contributed by atoms with van der Waals surface area (Å²) in [5, 5.41) is 2.81. The van der Waals surface area contributed by atoms with Gasteiger partial charge in [-0.05, 0) is 18.6 Å². The predicted molar refractivity (Wildman–Crippen MR) is 96.3 cm³/mol. The summed E-state index contributed by atoms with van der Waals surface area (Å²) >= 11 is 0. The van der Waals surface area contributed by atoms with Gasteiger partial charge in [0.25, 0.3) is 0 Å². The van der Waals surface area contributed by atoms with Gasteiger partial charge in [-0.25, -0.2) is 4.39 Å². The van der Waals surface area contributed by atoms with E-state index in [-0.39, 0.29) is 49.1 Å². The lowest BCUT2D eigenvalue weighted by atomic mass is 10.2. The third-order valence-corrected chi connectivity index (χ3v) is 3.27. The van der Waals surface area contributed by atoms with Crippen molar-refractivity contribution in [3.05, 3.63) is 30.1 Å². The van der Waals surface area contributed by atoms with E-state index >= 15 is 0 Å². The first kappa shape index (κ1) is 24.2. The number of ether oxygens (including phenoxy) is 1. The Morgan fingerprint density at radius 3 is 2.61 bits per heavy atom. The van der Waals surface area contributed by atoms with Crippen molar-refractivity contribution in [3.63, 3.8) is 0 Å². The van der Waals surface area contributed by atoms with Gasteiger partial charge in [-0.15, -0.1) is 24.8 Å². The molecule has 0 saturated heterocycles. The Labute approximate surface area is 149 Å². The summed E-state index contributed by atoms with van der Waals surface area (Å²) in [5.41, 5.74) is 6.02. The van der Waals surface area contributed by atoms with Crippen LogP contribution in [0.5, 0.6) is 0 Å². The molecule has 0 aliphatic heterocycles. The number of nitrogens with zero attached hydrogens (tertiary/aromatic N) is 1. The largest absolute Gasteiger partial charge is 0.380 e. The van der Waals surface area contributed by atoms with E-state index in [0.29, 0.717) is 25.3 Å². The summed E-state index contributed by atoms with van der Waals surface area (Å²) in [4.78, 5) is 13.5. The minimum absolute atomic E-state index is 0. The molecule has 0 fully saturated rings. The smallest absolute Gasteiger partial charge is 0.222 e. The first-order chi connectivity index (χ1) is 10.1. The SMILES string of the molecule is COC(CN)CC(=O)NCCCN(C)c1ccccc1F.Cl.Cl. The van der Waals surface area contributed by atoms with Crippen LogP contribution in [0, 0.1) is 5.82 Å². The van der Waals surface area contributed by atoms with Crippen LogP contribution in [-0.2, 0) is 9.53 Å². The fraction of sp³-hybridized carbons (Fsp3) is 0.533. The van der Waals surface area contributed by atoms with Crippen LogP contribution in [0.15, 0.2) is 24.3 Å². The lowest BCUT2D eigenvalue weighted by Crippen LogP contribution is -2.33. The maximum Gasteiger partial charge on any atom is 0.222 e. The van der Waals surface area contributed by atoms with Gasteiger partial charge in [-0.3, -0.25) is 4.79 Å². The number of amides is 1. The van der Waals surface area contributed by atoms with Gasteiger partial charge in [-0.1, -0.05) is 12.1 Å². The van der Waals surface area contributed by atoms with Gasteiger partial charge in [-0.2, -0.15) is 0 Å². The van der Waals surface area contributed by atoms with E-state index in [1.165, 1.54) is 13.2 Å². The van der Waals surface area contributed by atoms with Gasteiger partial charge in [0, 0.05) is 33.8 Å². The standard InChI is InChI=1S/C15H24FN3O2.2ClH/c1-19(14-7-4-3-6-13(14)16)9-5-8-18-15(20)10-12(11-17)21-2;;/h3-4,6-7,12H,5,8-11,17H2,1-2H3,(H,18,20);2*1H. The van der Waals surface area contributed by atoms with Gasteiger partial charge >= 0.3 is 0 Å². The van der Waals surface area contributed by atoms with Crippen molar-refractivity contribution in [1.29, 1.82) is 0 Å². The average Bonchev–Trinajstić information content (AvgIpc) is 2.49.